The summed E-state index contributed by atoms with van der Waals surface area (Å²) in [4.78, 5) is 88.5. The smallest absolute Gasteiger partial charge is 0.238 e. The minimum atomic E-state index is -0.740. The summed E-state index contributed by atoms with van der Waals surface area (Å²) in [5, 5.41) is 5.74. The summed E-state index contributed by atoms with van der Waals surface area (Å²) in [6, 6.07) is 23.6. The lowest BCUT2D eigenvalue weighted by molar-refractivity contribution is -0.144. The van der Waals surface area contributed by atoms with Crippen LogP contribution in [0.1, 0.15) is 120 Å². The summed E-state index contributed by atoms with van der Waals surface area (Å²) in [5.74, 6) is -0.377. The number of carbonyl (C=O) groups is 5. The summed E-state index contributed by atoms with van der Waals surface area (Å²) in [6.07, 6.45) is 12.2. The molecule has 7 aliphatic rings. The second-order valence-corrected chi connectivity index (χ2v) is 22.7. The lowest BCUT2D eigenvalue weighted by atomic mass is 9.73. The number of carbonyl (C=O) groups excluding carboxylic acids is 5. The molecule has 2 N–H and O–H groups in total. The lowest BCUT2D eigenvalue weighted by Gasteiger charge is -2.48. The number of imide groups is 1. The number of rotatable bonds is 10. The molecule has 0 radical (unpaired) electrons. The highest BCUT2D eigenvalue weighted by atomic mass is 19.1. The monoisotopic (exact) mass is 1020 g/mol. The molecule has 3 aromatic carbocycles. The van der Waals surface area contributed by atoms with Gasteiger partial charge in [0.1, 0.15) is 11.3 Å². The Morgan fingerprint density at radius 1 is 0.760 bits per heavy atom. The quantitative estimate of drug-likeness (QED) is 0.130. The largest absolute Gasteiger partial charge is 0.371 e. The third-order valence-electron chi connectivity index (χ3n) is 18.1. The number of aromatic nitrogens is 3. The van der Waals surface area contributed by atoms with Gasteiger partial charge in [-0.1, -0.05) is 42.8 Å². The number of hydrogen-bond acceptors (Lipinski definition) is 10. The first kappa shape index (κ1) is 49.2. The molecule has 5 amide bonds. The maximum Gasteiger partial charge on any atom is 0.238 e. The molecule has 2 aromatic heterocycles. The Bertz CT molecular complexity index is 3010. The number of hydrogen-bond donors (Lipinski definition) is 2. The van der Waals surface area contributed by atoms with E-state index in [1.54, 1.807) is 24.5 Å². The third-order valence-corrected chi connectivity index (χ3v) is 18.1. The molecule has 15 nitrogen and oxygen atoms in total. The Morgan fingerprint density at radius 3 is 2.12 bits per heavy atom. The number of likely N-dealkylation sites (tertiary alicyclic amines) is 3. The van der Waals surface area contributed by atoms with Gasteiger partial charge in [0.05, 0.1) is 34.6 Å². The first-order chi connectivity index (χ1) is 36.4. The molecule has 6 aliphatic heterocycles. The van der Waals surface area contributed by atoms with Crippen LogP contribution in [0.5, 0.6) is 0 Å². The average Bonchev–Trinajstić information content (AvgIpc) is 3.96. The minimum Gasteiger partial charge on any atom is -0.371 e. The van der Waals surface area contributed by atoms with Gasteiger partial charge in [-0.05, 0) is 145 Å². The summed E-state index contributed by atoms with van der Waals surface area (Å²) in [6.45, 7) is 10.1. The van der Waals surface area contributed by atoms with Crippen molar-refractivity contribution in [2.24, 2.45) is 11.8 Å². The van der Waals surface area contributed by atoms with Gasteiger partial charge in [-0.25, -0.2) is 14.4 Å². The number of piperidine rings is 5. The molecular formula is C59H69FN10O5. The number of benzene rings is 3. The predicted octanol–water partition coefficient (Wildman–Crippen LogP) is 8.46. The molecule has 5 aromatic rings. The highest BCUT2D eigenvalue weighted by molar-refractivity contribution is 6.09. The highest BCUT2D eigenvalue weighted by Gasteiger charge is 2.56. The van der Waals surface area contributed by atoms with Crippen LogP contribution in [0, 0.1) is 17.7 Å². The summed E-state index contributed by atoms with van der Waals surface area (Å²) in [7, 11) is 0. The zero-order valence-corrected chi connectivity index (χ0v) is 43.3. The average molecular weight is 1020 g/mol. The summed E-state index contributed by atoms with van der Waals surface area (Å²) in [5.41, 5.74) is 6.58. The van der Waals surface area contributed by atoms with Gasteiger partial charge in [-0.2, -0.15) is 0 Å². The van der Waals surface area contributed by atoms with Crippen LogP contribution in [0.2, 0.25) is 0 Å². The zero-order valence-electron chi connectivity index (χ0n) is 43.3. The van der Waals surface area contributed by atoms with E-state index in [1.807, 2.05) is 44.7 Å². The van der Waals surface area contributed by atoms with E-state index < -0.39 is 5.41 Å². The fourth-order valence-corrected chi connectivity index (χ4v) is 13.6. The van der Waals surface area contributed by atoms with Crippen molar-refractivity contribution in [1.82, 2.24) is 34.6 Å². The molecule has 0 bridgehead atoms. The normalized spacial score (nSPS) is 23.7. The fourth-order valence-electron chi connectivity index (χ4n) is 13.6. The molecule has 1 unspecified atom stereocenters. The van der Waals surface area contributed by atoms with Crippen molar-refractivity contribution >= 4 is 63.4 Å². The van der Waals surface area contributed by atoms with Gasteiger partial charge in [0.2, 0.25) is 29.5 Å². The number of anilines is 4. The van der Waals surface area contributed by atoms with Crippen LogP contribution in [0.15, 0.2) is 79.1 Å². The number of para-hydroxylation sites is 1. The van der Waals surface area contributed by atoms with E-state index in [1.165, 1.54) is 25.3 Å². The van der Waals surface area contributed by atoms with Crippen molar-refractivity contribution in [3.63, 3.8) is 0 Å². The zero-order chi connectivity index (χ0) is 51.5. The van der Waals surface area contributed by atoms with Gasteiger partial charge in [-0.15, -0.1) is 0 Å². The summed E-state index contributed by atoms with van der Waals surface area (Å²) < 4.78 is 17.2. The Labute approximate surface area is 438 Å². The highest BCUT2D eigenvalue weighted by Crippen LogP contribution is 2.52. The predicted molar refractivity (Wildman–Crippen MR) is 286 cm³/mol. The maximum absolute atomic E-state index is 15.3. The molecule has 8 heterocycles. The molecule has 1 aliphatic carbocycles. The molecule has 75 heavy (non-hydrogen) atoms. The molecule has 12 rings (SSSR count). The van der Waals surface area contributed by atoms with E-state index in [0.717, 1.165) is 91.0 Å². The van der Waals surface area contributed by atoms with Crippen LogP contribution in [-0.4, -0.2) is 123 Å². The number of imidazole rings is 1. The third kappa shape index (κ3) is 9.14. The minimum absolute atomic E-state index is 0.0536. The van der Waals surface area contributed by atoms with Gasteiger partial charge in [-0.3, -0.25) is 29.3 Å². The van der Waals surface area contributed by atoms with Gasteiger partial charge in [0, 0.05) is 92.6 Å². The molecule has 1 spiro atoms. The number of nitrogens with zero attached hydrogens (tertiary/aromatic N) is 8. The number of fused-ring (bicyclic) bond motifs is 3. The second-order valence-electron chi connectivity index (χ2n) is 22.7. The SMILES string of the molecule is CC(C)n1cnc2cc(-c3ccc4c(c3)N([C@H]3C[C@@H](N5CCCCC5)C3)C(=O)C43CCN(C(=O)C4CCN(C(=O)C5CCN(c6ccc(C7CCC(=O)NC7=O)cc6)CC5)CC4)CC3)nc(Nc3ccccc3F)c21. The molecule has 1 atom stereocenters. The number of pyridine rings is 1. The van der Waals surface area contributed by atoms with E-state index in [2.05, 4.69) is 57.4 Å². The fraction of sp³-hybridized carbons (Fsp3) is 0.508. The first-order valence-electron chi connectivity index (χ1n) is 27.8. The molecular weight excluding hydrogens is 948 g/mol. The van der Waals surface area contributed by atoms with Crippen molar-refractivity contribution in [2.45, 2.75) is 127 Å². The standard InChI is InChI=1S/C59H69FN10O5/c1-37(2)69-36-61-50-35-49(63-54(53(50)69)62-48-9-5-4-8-47(48)60)41-12-16-46-51(32-41)70(44-33-43(34-44)65-24-6-3-7-25-65)58(75)59(46)22-30-68(31-23-59)57(74)40-20-28-67(29-21-40)56(73)39-18-26-66(27-19-39)42-13-10-38(11-14-42)45-15-17-52(71)64-55(45)72/h4-5,8-14,16,32,35-37,39-40,43-45H,3,6-7,15,17-31,33-34H2,1-2H3,(H,62,63)(H,64,71,72)/t43-,44+,45?. The first-order valence-corrected chi connectivity index (χ1v) is 27.8. The van der Waals surface area contributed by atoms with Crippen molar-refractivity contribution in [2.75, 3.05) is 67.5 Å². The Morgan fingerprint density at radius 2 is 1.44 bits per heavy atom. The Balaban J connectivity index is 0.712. The Kier molecular flexibility index (Phi) is 13.2. The van der Waals surface area contributed by atoms with Crippen LogP contribution >= 0.6 is 0 Å². The molecule has 5 saturated heterocycles. The van der Waals surface area contributed by atoms with E-state index in [9.17, 15) is 19.2 Å². The van der Waals surface area contributed by atoms with Crippen LogP contribution in [0.25, 0.3) is 22.3 Å². The Hall–Kier alpha value is -6.68. The van der Waals surface area contributed by atoms with Gasteiger partial charge in [0.25, 0.3) is 0 Å². The van der Waals surface area contributed by atoms with E-state index in [0.29, 0.717) is 87.9 Å². The van der Waals surface area contributed by atoms with Crippen LogP contribution < -0.4 is 20.4 Å². The van der Waals surface area contributed by atoms with Crippen molar-refractivity contribution < 1.29 is 28.4 Å². The van der Waals surface area contributed by atoms with E-state index in [-0.39, 0.29) is 65.2 Å². The van der Waals surface area contributed by atoms with Crippen molar-refractivity contribution in [3.05, 3.63) is 96.1 Å². The van der Waals surface area contributed by atoms with Crippen LogP contribution in [0.4, 0.5) is 27.3 Å². The number of amides is 5. The van der Waals surface area contributed by atoms with Gasteiger partial charge < -0.3 is 34.4 Å². The lowest BCUT2D eigenvalue weighted by Crippen LogP contribution is -2.58. The second kappa shape index (κ2) is 20.1. The number of nitrogens with one attached hydrogen (secondary N) is 2. The van der Waals surface area contributed by atoms with Crippen LogP contribution in [-0.2, 0) is 29.4 Å². The van der Waals surface area contributed by atoms with Gasteiger partial charge >= 0.3 is 0 Å². The topological polar surface area (TPSA) is 156 Å². The molecule has 16 heteroatoms. The summed E-state index contributed by atoms with van der Waals surface area (Å²) >= 11 is 0. The van der Waals surface area contributed by atoms with Crippen LogP contribution in [0.3, 0.4) is 0 Å². The van der Waals surface area contributed by atoms with Gasteiger partial charge in [0.15, 0.2) is 5.82 Å². The molecule has 392 valence electrons. The maximum atomic E-state index is 15.3. The molecule has 6 fully saturated rings. The van der Waals surface area contributed by atoms with E-state index >= 15 is 9.18 Å². The van der Waals surface area contributed by atoms with E-state index in [4.69, 9.17) is 9.97 Å². The molecule has 1 saturated carbocycles. The number of halogens is 1. The van der Waals surface area contributed by atoms with Crippen molar-refractivity contribution in [3.8, 4) is 11.3 Å². The van der Waals surface area contributed by atoms with Crippen molar-refractivity contribution in [1.29, 1.82) is 0 Å².